The molecule has 0 bridgehead atoms. The minimum atomic E-state index is -1.16. The molecule has 0 aromatic heterocycles. The standard InChI is InChI=1S/C29H53NO6/c1-5-9-10-11-12-13-14-15-16-17-18-19-20-30(21-24(6-2)27(31)32,22-25(7-3)28(33)34)23-26(8-4)29(35)36/h17-18,24-26H,5-16,19-23H2,1-4H3,(H2-,31,32,33,34,35,36)/b18-17+. The molecule has 3 atom stereocenters. The molecule has 3 unspecified atom stereocenters. The highest BCUT2D eigenvalue weighted by molar-refractivity contribution is 5.70. The van der Waals surface area contributed by atoms with Gasteiger partial charge in [-0.2, -0.15) is 0 Å². The van der Waals surface area contributed by atoms with Crippen LogP contribution in [0.5, 0.6) is 0 Å². The molecule has 0 rings (SSSR count). The van der Waals surface area contributed by atoms with E-state index in [1.807, 2.05) is 13.8 Å². The number of hydrogen-bond acceptors (Lipinski definition) is 4. The highest BCUT2D eigenvalue weighted by Crippen LogP contribution is 2.24. The van der Waals surface area contributed by atoms with Crippen LogP contribution in [-0.2, 0) is 14.4 Å². The molecular formula is C29H53NO6. The van der Waals surface area contributed by atoms with Crippen LogP contribution in [0, 0.1) is 17.8 Å². The van der Waals surface area contributed by atoms with E-state index in [0.29, 0.717) is 32.2 Å². The van der Waals surface area contributed by atoms with Gasteiger partial charge in [-0.3, -0.25) is 9.59 Å². The van der Waals surface area contributed by atoms with E-state index in [1.54, 1.807) is 6.92 Å². The molecular weight excluding hydrogens is 458 g/mol. The summed E-state index contributed by atoms with van der Waals surface area (Å²) in [6.07, 6.45) is 17.2. The molecule has 0 aliphatic carbocycles. The van der Waals surface area contributed by atoms with Crippen molar-refractivity contribution >= 4 is 17.9 Å². The lowest BCUT2D eigenvalue weighted by Crippen LogP contribution is -2.59. The third-order valence-corrected chi connectivity index (χ3v) is 7.49. The average molecular weight is 512 g/mol. The maximum absolute atomic E-state index is 11.9. The van der Waals surface area contributed by atoms with Crippen LogP contribution in [0.3, 0.4) is 0 Å². The largest absolute Gasteiger partial charge is 0.550 e. The molecule has 0 aromatic rings. The zero-order valence-corrected chi connectivity index (χ0v) is 23.4. The highest BCUT2D eigenvalue weighted by atomic mass is 16.4. The van der Waals surface area contributed by atoms with E-state index in [9.17, 15) is 29.7 Å². The molecule has 0 saturated carbocycles. The summed E-state index contributed by atoms with van der Waals surface area (Å²) in [4.78, 5) is 35.6. The van der Waals surface area contributed by atoms with E-state index in [2.05, 4.69) is 19.1 Å². The Morgan fingerprint density at radius 2 is 1.08 bits per heavy atom. The zero-order valence-electron chi connectivity index (χ0n) is 23.4. The normalized spacial score (nSPS) is 15.9. The fraction of sp³-hybridized carbons (Fsp3) is 0.828. The summed E-state index contributed by atoms with van der Waals surface area (Å²) in [7, 11) is 0. The van der Waals surface area contributed by atoms with E-state index >= 15 is 0 Å². The van der Waals surface area contributed by atoms with Crippen molar-refractivity contribution in [2.75, 3.05) is 26.2 Å². The minimum Gasteiger partial charge on any atom is -0.550 e. The van der Waals surface area contributed by atoms with Crippen LogP contribution in [0.1, 0.15) is 111 Å². The predicted molar refractivity (Wildman–Crippen MR) is 142 cm³/mol. The van der Waals surface area contributed by atoms with Gasteiger partial charge < -0.3 is 24.6 Å². The van der Waals surface area contributed by atoms with Gasteiger partial charge in [-0.25, -0.2) is 0 Å². The first-order valence-electron chi connectivity index (χ1n) is 14.3. The summed E-state index contributed by atoms with van der Waals surface area (Å²) < 4.78 is 0.171. The van der Waals surface area contributed by atoms with E-state index in [1.165, 1.54) is 44.9 Å². The van der Waals surface area contributed by atoms with Crippen molar-refractivity contribution in [3.05, 3.63) is 12.2 Å². The van der Waals surface area contributed by atoms with Crippen LogP contribution in [0.25, 0.3) is 0 Å². The lowest BCUT2D eigenvalue weighted by molar-refractivity contribution is -0.934. The molecule has 0 heterocycles. The smallest absolute Gasteiger partial charge is 0.312 e. The predicted octanol–water partition coefficient (Wildman–Crippen LogP) is 5.28. The van der Waals surface area contributed by atoms with Gasteiger partial charge in [0, 0.05) is 12.3 Å². The van der Waals surface area contributed by atoms with Crippen molar-refractivity contribution in [3.8, 4) is 0 Å². The van der Waals surface area contributed by atoms with Crippen LogP contribution in [0.2, 0.25) is 0 Å². The van der Waals surface area contributed by atoms with Crippen molar-refractivity contribution in [2.24, 2.45) is 17.8 Å². The van der Waals surface area contributed by atoms with E-state index < -0.39 is 35.7 Å². The SMILES string of the molecule is CCCCCCCCCC/C=C/CC[N+](CC(CC)C(=O)[O-])(CC(CC)C(=O)O)CC(CC)C(=O)O. The Bertz CT molecular complexity index is 588. The third-order valence-electron chi connectivity index (χ3n) is 7.49. The van der Waals surface area contributed by atoms with Gasteiger partial charge in [-0.15, -0.1) is 0 Å². The number of carbonyl (C=O) groups is 3. The molecule has 7 heteroatoms. The molecule has 0 spiro atoms. The van der Waals surface area contributed by atoms with Crippen molar-refractivity contribution in [1.29, 1.82) is 0 Å². The maximum atomic E-state index is 11.9. The van der Waals surface area contributed by atoms with Gasteiger partial charge in [-0.05, 0) is 32.1 Å². The third kappa shape index (κ3) is 14.6. The van der Waals surface area contributed by atoms with Crippen LogP contribution >= 0.6 is 0 Å². The lowest BCUT2D eigenvalue weighted by Gasteiger charge is -2.44. The molecule has 0 radical (unpaired) electrons. The molecule has 0 amide bonds. The van der Waals surface area contributed by atoms with E-state index in [4.69, 9.17) is 0 Å². The molecule has 7 nitrogen and oxygen atoms in total. The molecule has 0 saturated heterocycles. The topological polar surface area (TPSA) is 115 Å². The van der Waals surface area contributed by atoms with Gasteiger partial charge in [0.15, 0.2) is 0 Å². The van der Waals surface area contributed by atoms with Crippen molar-refractivity contribution in [3.63, 3.8) is 0 Å². The van der Waals surface area contributed by atoms with Gasteiger partial charge >= 0.3 is 11.9 Å². The van der Waals surface area contributed by atoms with Crippen molar-refractivity contribution in [2.45, 2.75) is 111 Å². The number of hydrogen-bond donors (Lipinski definition) is 2. The summed E-state index contributed by atoms with van der Waals surface area (Å²) in [5.41, 5.74) is 0. The van der Waals surface area contributed by atoms with Gasteiger partial charge in [0.25, 0.3) is 0 Å². The molecule has 2 N–H and O–H groups in total. The van der Waals surface area contributed by atoms with Gasteiger partial charge in [0.2, 0.25) is 0 Å². The first kappa shape index (κ1) is 34.1. The van der Waals surface area contributed by atoms with Gasteiger partial charge in [0.1, 0.15) is 11.8 Å². The molecule has 0 fully saturated rings. The Kier molecular flexibility index (Phi) is 19.1. The monoisotopic (exact) mass is 511 g/mol. The van der Waals surface area contributed by atoms with Crippen molar-refractivity contribution < 1.29 is 34.2 Å². The highest BCUT2D eigenvalue weighted by Gasteiger charge is 2.38. The Morgan fingerprint density at radius 1 is 0.667 bits per heavy atom. The van der Waals surface area contributed by atoms with E-state index in [0.717, 1.165) is 12.8 Å². The lowest BCUT2D eigenvalue weighted by atomic mass is 9.96. The number of carboxylic acids is 3. The number of allylic oxidation sites excluding steroid dienone is 1. The number of quaternary nitrogens is 1. The Hall–Kier alpha value is -1.89. The summed E-state index contributed by atoms with van der Waals surface area (Å²) in [5.74, 6) is -5.06. The second-order valence-corrected chi connectivity index (χ2v) is 10.4. The summed E-state index contributed by atoms with van der Waals surface area (Å²) in [6, 6.07) is 0. The molecule has 210 valence electrons. The second-order valence-electron chi connectivity index (χ2n) is 10.4. The minimum absolute atomic E-state index is 0.171. The Labute approximate surface area is 219 Å². The first-order chi connectivity index (χ1) is 17.2. The quantitative estimate of drug-likeness (QED) is 0.104. The number of carboxylic acid groups (broad SMARTS) is 3. The van der Waals surface area contributed by atoms with Crippen LogP contribution in [-0.4, -0.2) is 58.8 Å². The van der Waals surface area contributed by atoms with Crippen LogP contribution in [0.15, 0.2) is 12.2 Å². The molecule has 36 heavy (non-hydrogen) atoms. The molecule has 0 aliphatic heterocycles. The van der Waals surface area contributed by atoms with Crippen LogP contribution in [0.4, 0.5) is 0 Å². The molecule has 0 aliphatic rings. The summed E-state index contributed by atoms with van der Waals surface area (Å²) in [5, 5.41) is 31.3. The fourth-order valence-electron chi connectivity index (χ4n) is 5.01. The van der Waals surface area contributed by atoms with Gasteiger partial charge in [0.05, 0.1) is 32.1 Å². The Balaban J connectivity index is 5.34. The number of carbonyl (C=O) groups excluding carboxylic acids is 1. The number of unbranched alkanes of at least 4 members (excludes halogenated alkanes) is 8. The summed E-state index contributed by atoms with van der Waals surface area (Å²) >= 11 is 0. The van der Waals surface area contributed by atoms with E-state index in [-0.39, 0.29) is 24.1 Å². The maximum Gasteiger partial charge on any atom is 0.312 e. The zero-order chi connectivity index (χ0) is 27.4. The Morgan fingerprint density at radius 3 is 1.50 bits per heavy atom. The van der Waals surface area contributed by atoms with Crippen LogP contribution < -0.4 is 5.11 Å². The first-order valence-corrected chi connectivity index (χ1v) is 14.3. The molecule has 0 aromatic carbocycles. The number of aliphatic carboxylic acids is 3. The number of rotatable bonds is 24. The van der Waals surface area contributed by atoms with Gasteiger partial charge in [-0.1, -0.05) is 84.8 Å². The summed E-state index contributed by atoms with van der Waals surface area (Å²) in [6.45, 7) is 8.79. The average Bonchev–Trinajstić information content (AvgIpc) is 2.84. The number of nitrogens with zero attached hydrogens (tertiary/aromatic N) is 1. The fourth-order valence-corrected chi connectivity index (χ4v) is 5.01. The second kappa shape index (κ2) is 20.2. The van der Waals surface area contributed by atoms with Crippen molar-refractivity contribution in [1.82, 2.24) is 0 Å².